The molecule has 1 amide bonds. The van der Waals surface area contributed by atoms with E-state index in [0.717, 1.165) is 33.3 Å². The summed E-state index contributed by atoms with van der Waals surface area (Å²) in [6, 6.07) is 16.3. The van der Waals surface area contributed by atoms with E-state index in [4.69, 9.17) is 4.74 Å². The highest BCUT2D eigenvalue weighted by molar-refractivity contribution is 5.95. The Morgan fingerprint density at radius 3 is 2.83 bits per heavy atom. The van der Waals surface area contributed by atoms with E-state index < -0.39 is 0 Å². The summed E-state index contributed by atoms with van der Waals surface area (Å²) < 4.78 is 5.46. The Hall–Kier alpha value is -2.72. The van der Waals surface area contributed by atoms with Crippen LogP contribution in [0.25, 0.3) is 22.0 Å². The molecule has 0 atom stereocenters. The van der Waals surface area contributed by atoms with Gasteiger partial charge in [0.15, 0.2) is 0 Å². The lowest BCUT2D eigenvalue weighted by molar-refractivity contribution is -0.122. The summed E-state index contributed by atoms with van der Waals surface area (Å²) >= 11 is 0. The fourth-order valence-corrected chi connectivity index (χ4v) is 2.92. The summed E-state index contributed by atoms with van der Waals surface area (Å²) in [5.74, 6) is -0.0242. The maximum atomic E-state index is 11.9. The topological polar surface area (TPSA) is 42.4 Å². The summed E-state index contributed by atoms with van der Waals surface area (Å²) in [6.45, 7) is 0.568. The summed E-state index contributed by atoms with van der Waals surface area (Å²) in [6.07, 6.45) is 1.89. The molecule has 0 saturated carbocycles. The van der Waals surface area contributed by atoms with E-state index in [2.05, 4.69) is 23.2 Å². The van der Waals surface area contributed by atoms with Crippen molar-refractivity contribution in [3.05, 3.63) is 60.3 Å². The lowest BCUT2D eigenvalue weighted by Gasteiger charge is -2.17. The third kappa shape index (κ3) is 2.47. The second kappa shape index (κ2) is 5.48. The van der Waals surface area contributed by atoms with E-state index in [1.54, 1.807) is 11.9 Å². The molecule has 0 aliphatic carbocycles. The first kappa shape index (κ1) is 13.9. The molecule has 4 heteroatoms. The predicted molar refractivity (Wildman–Crippen MR) is 90.2 cm³/mol. The van der Waals surface area contributed by atoms with Gasteiger partial charge < -0.3 is 9.64 Å². The number of hydrogen-bond donors (Lipinski definition) is 0. The molecule has 0 fully saturated rings. The molecule has 4 rings (SSSR count). The van der Waals surface area contributed by atoms with E-state index in [9.17, 15) is 4.79 Å². The third-order valence-electron chi connectivity index (χ3n) is 4.22. The Morgan fingerprint density at radius 2 is 1.91 bits per heavy atom. The Balaban J connectivity index is 1.80. The second-order valence-electron chi connectivity index (χ2n) is 5.71. The highest BCUT2D eigenvalue weighted by atomic mass is 16.5. The van der Waals surface area contributed by atoms with Gasteiger partial charge in [-0.05, 0) is 29.8 Å². The lowest BCUT2D eigenvalue weighted by atomic mass is 10.0. The number of fused-ring (bicyclic) bond motifs is 2. The maximum Gasteiger partial charge on any atom is 0.252 e. The van der Waals surface area contributed by atoms with Crippen LogP contribution in [0.15, 0.2) is 54.7 Å². The molecule has 1 aromatic heterocycles. The van der Waals surface area contributed by atoms with Crippen molar-refractivity contribution in [2.45, 2.75) is 6.61 Å². The number of ether oxygens (including phenoxy) is 1. The van der Waals surface area contributed by atoms with Crippen LogP contribution in [0.2, 0.25) is 0 Å². The number of pyridine rings is 1. The minimum atomic E-state index is -0.0242. The Kier molecular flexibility index (Phi) is 3.32. The summed E-state index contributed by atoms with van der Waals surface area (Å²) in [5, 5.41) is 1.11. The normalized spacial score (nSPS) is 14.7. The second-order valence-corrected chi connectivity index (χ2v) is 5.71. The number of aromatic nitrogens is 1. The standard InChI is InChI=1S/C19H16N2O2/c1-21-18-7-6-13(8-16(18)11-23-12-19(21)22)15-9-14-4-2-3-5-17(14)20-10-15/h2-10H,11-12H2,1H3. The zero-order valence-corrected chi connectivity index (χ0v) is 12.8. The molecule has 0 spiro atoms. The van der Waals surface area contributed by atoms with Crippen molar-refractivity contribution in [1.29, 1.82) is 0 Å². The molecule has 0 unspecified atom stereocenters. The first-order valence-electron chi connectivity index (χ1n) is 7.55. The van der Waals surface area contributed by atoms with Crippen molar-refractivity contribution in [3.8, 4) is 11.1 Å². The van der Waals surface area contributed by atoms with Gasteiger partial charge in [0.2, 0.25) is 0 Å². The van der Waals surface area contributed by atoms with E-state index in [-0.39, 0.29) is 12.5 Å². The fourth-order valence-electron chi connectivity index (χ4n) is 2.92. The smallest absolute Gasteiger partial charge is 0.252 e. The minimum absolute atomic E-state index is 0.0242. The van der Waals surface area contributed by atoms with Gasteiger partial charge in [0.25, 0.3) is 5.91 Å². The number of hydrogen-bond acceptors (Lipinski definition) is 3. The molecule has 0 bridgehead atoms. The molecule has 0 radical (unpaired) electrons. The Morgan fingerprint density at radius 1 is 1.04 bits per heavy atom. The molecule has 0 N–H and O–H groups in total. The van der Waals surface area contributed by atoms with E-state index >= 15 is 0 Å². The summed E-state index contributed by atoms with van der Waals surface area (Å²) in [7, 11) is 1.78. The van der Waals surface area contributed by atoms with Crippen LogP contribution < -0.4 is 4.90 Å². The van der Waals surface area contributed by atoms with Gasteiger partial charge in [-0.1, -0.05) is 24.3 Å². The van der Waals surface area contributed by atoms with Crippen molar-refractivity contribution in [3.63, 3.8) is 0 Å². The van der Waals surface area contributed by atoms with E-state index in [1.165, 1.54) is 0 Å². The monoisotopic (exact) mass is 304 g/mol. The fraction of sp³-hybridized carbons (Fsp3) is 0.158. The third-order valence-corrected chi connectivity index (χ3v) is 4.22. The van der Waals surface area contributed by atoms with Crippen LogP contribution >= 0.6 is 0 Å². The number of rotatable bonds is 1. The van der Waals surface area contributed by atoms with Gasteiger partial charge in [0, 0.05) is 35.4 Å². The van der Waals surface area contributed by atoms with Crippen molar-refractivity contribution in [2.75, 3.05) is 18.6 Å². The Labute approximate surface area is 134 Å². The molecule has 1 aliphatic rings. The molecule has 1 aliphatic heterocycles. The lowest BCUT2D eigenvalue weighted by Crippen LogP contribution is -2.28. The zero-order chi connectivity index (χ0) is 15.8. The van der Waals surface area contributed by atoms with E-state index in [0.29, 0.717) is 6.61 Å². The molecule has 114 valence electrons. The number of amides is 1. The van der Waals surface area contributed by atoms with Crippen LogP contribution in [-0.4, -0.2) is 24.5 Å². The highest BCUT2D eigenvalue weighted by Gasteiger charge is 2.19. The van der Waals surface area contributed by atoms with Crippen LogP contribution in [0, 0.1) is 0 Å². The van der Waals surface area contributed by atoms with Crippen LogP contribution in [0.1, 0.15) is 5.56 Å². The first-order chi connectivity index (χ1) is 11.2. The van der Waals surface area contributed by atoms with Gasteiger partial charge in [0.1, 0.15) is 6.61 Å². The molecular weight excluding hydrogens is 288 g/mol. The molecule has 2 aromatic carbocycles. The highest BCUT2D eigenvalue weighted by Crippen LogP contribution is 2.30. The largest absolute Gasteiger partial charge is 0.367 e. The summed E-state index contributed by atoms with van der Waals surface area (Å²) in [5.41, 5.74) is 5.05. The SMILES string of the molecule is CN1C(=O)COCc2cc(-c3cnc4ccccc4c3)ccc21. The van der Waals surface area contributed by atoms with Gasteiger partial charge in [-0.25, -0.2) is 0 Å². The van der Waals surface area contributed by atoms with Gasteiger partial charge in [-0.3, -0.25) is 9.78 Å². The predicted octanol–water partition coefficient (Wildman–Crippen LogP) is 3.39. The Bertz CT molecular complexity index is 905. The van der Waals surface area contributed by atoms with Crippen LogP contribution in [-0.2, 0) is 16.1 Å². The molecular formula is C19H16N2O2. The quantitative estimate of drug-likeness (QED) is 0.692. The number of para-hydroxylation sites is 1. The number of carbonyl (C=O) groups is 1. The number of benzene rings is 2. The van der Waals surface area contributed by atoms with Gasteiger partial charge >= 0.3 is 0 Å². The van der Waals surface area contributed by atoms with Crippen molar-refractivity contribution < 1.29 is 9.53 Å². The minimum Gasteiger partial charge on any atom is -0.367 e. The first-order valence-corrected chi connectivity index (χ1v) is 7.55. The van der Waals surface area contributed by atoms with E-state index in [1.807, 2.05) is 36.5 Å². The van der Waals surface area contributed by atoms with Crippen molar-refractivity contribution >= 4 is 22.5 Å². The zero-order valence-electron chi connectivity index (χ0n) is 12.8. The molecule has 23 heavy (non-hydrogen) atoms. The van der Waals surface area contributed by atoms with Crippen LogP contribution in [0.4, 0.5) is 5.69 Å². The molecule has 3 aromatic rings. The van der Waals surface area contributed by atoms with Crippen LogP contribution in [0.3, 0.4) is 0 Å². The maximum absolute atomic E-state index is 11.9. The number of likely N-dealkylation sites (N-methyl/N-ethyl adjacent to an activating group) is 1. The summed E-state index contributed by atoms with van der Waals surface area (Å²) in [4.78, 5) is 18.0. The van der Waals surface area contributed by atoms with Gasteiger partial charge in [-0.15, -0.1) is 0 Å². The van der Waals surface area contributed by atoms with Crippen molar-refractivity contribution in [2.24, 2.45) is 0 Å². The molecule has 0 saturated heterocycles. The molecule has 4 nitrogen and oxygen atoms in total. The average Bonchev–Trinajstić information content (AvgIpc) is 2.73. The van der Waals surface area contributed by atoms with Gasteiger partial charge in [0.05, 0.1) is 12.1 Å². The van der Waals surface area contributed by atoms with Crippen LogP contribution in [0.5, 0.6) is 0 Å². The number of nitrogens with zero attached hydrogens (tertiary/aromatic N) is 2. The molecule has 2 heterocycles. The number of carbonyl (C=O) groups excluding carboxylic acids is 1. The average molecular weight is 304 g/mol. The number of anilines is 1. The van der Waals surface area contributed by atoms with Gasteiger partial charge in [-0.2, -0.15) is 0 Å². The van der Waals surface area contributed by atoms with Crippen molar-refractivity contribution in [1.82, 2.24) is 4.98 Å².